The van der Waals surface area contributed by atoms with E-state index in [1.54, 1.807) is 18.0 Å². The van der Waals surface area contributed by atoms with Crippen molar-refractivity contribution < 1.29 is 33.3 Å². The summed E-state index contributed by atoms with van der Waals surface area (Å²) >= 11 is 0. The van der Waals surface area contributed by atoms with Crippen molar-refractivity contribution in [2.24, 2.45) is 7.05 Å². The number of rotatable bonds is 5. The van der Waals surface area contributed by atoms with Crippen molar-refractivity contribution in [1.82, 2.24) is 0 Å². The molecular formula is C28H25IN2O. The highest BCUT2D eigenvalue weighted by Crippen LogP contribution is 2.25. The van der Waals surface area contributed by atoms with Crippen LogP contribution in [0.1, 0.15) is 12.5 Å². The summed E-state index contributed by atoms with van der Waals surface area (Å²) in [4.78, 5) is 13.6. The zero-order valence-electron chi connectivity index (χ0n) is 18.2. The van der Waals surface area contributed by atoms with Crippen molar-refractivity contribution in [3.05, 3.63) is 115 Å². The summed E-state index contributed by atoms with van der Waals surface area (Å²) in [5.74, 6) is -0.0264. The molecule has 0 aliphatic heterocycles. The van der Waals surface area contributed by atoms with Gasteiger partial charge in [0.05, 0.1) is 10.8 Å². The number of nitrogens with zero attached hydrogens (tertiary/aromatic N) is 2. The van der Waals surface area contributed by atoms with Gasteiger partial charge in [-0.1, -0.05) is 66.8 Å². The summed E-state index contributed by atoms with van der Waals surface area (Å²) in [6, 6.07) is 26.5. The minimum Gasteiger partial charge on any atom is -1.00 e. The van der Waals surface area contributed by atoms with Gasteiger partial charge in [0, 0.05) is 36.5 Å². The maximum absolute atomic E-state index is 12.0. The molecule has 0 aliphatic rings. The summed E-state index contributed by atoms with van der Waals surface area (Å²) in [5.41, 5.74) is 4.45. The molecule has 0 spiro atoms. The number of hydrogen-bond acceptors (Lipinski definition) is 1. The van der Waals surface area contributed by atoms with Crippen LogP contribution in [0.25, 0.3) is 27.9 Å². The molecule has 0 radical (unpaired) electrons. The quantitative estimate of drug-likeness (QED) is 0.168. The first-order chi connectivity index (χ1) is 15.2. The van der Waals surface area contributed by atoms with Crippen LogP contribution < -0.4 is 33.4 Å². The molecule has 160 valence electrons. The van der Waals surface area contributed by atoms with Crippen LogP contribution in [-0.4, -0.2) is 5.91 Å². The van der Waals surface area contributed by atoms with Gasteiger partial charge in [0.2, 0.25) is 16.9 Å². The number of carbonyl (C=O) groups excluding carboxylic acids is 1. The molecule has 0 fully saturated rings. The Kier molecular flexibility index (Phi) is 7.95. The Balaban J connectivity index is 0.00000289. The zero-order valence-corrected chi connectivity index (χ0v) is 20.3. The zero-order chi connectivity index (χ0) is 21.6. The summed E-state index contributed by atoms with van der Waals surface area (Å²) < 4.78 is 2.24. The molecule has 1 aromatic heterocycles. The monoisotopic (exact) mass is 532 g/mol. The van der Waals surface area contributed by atoms with E-state index in [0.29, 0.717) is 0 Å². The van der Waals surface area contributed by atoms with E-state index < -0.39 is 0 Å². The van der Waals surface area contributed by atoms with Gasteiger partial charge in [0.1, 0.15) is 7.05 Å². The predicted molar refractivity (Wildman–Crippen MR) is 130 cm³/mol. The number of benzene rings is 3. The van der Waals surface area contributed by atoms with Crippen molar-refractivity contribution in [2.45, 2.75) is 6.92 Å². The number of allylic oxidation sites excluding steroid dienone is 4. The Labute approximate surface area is 206 Å². The smallest absolute Gasteiger partial charge is 0.227 e. The molecule has 4 aromatic rings. The van der Waals surface area contributed by atoms with E-state index in [1.807, 2.05) is 54.6 Å². The summed E-state index contributed by atoms with van der Waals surface area (Å²) in [5, 5.41) is 2.44. The van der Waals surface area contributed by atoms with E-state index >= 15 is 0 Å². The number of aromatic nitrogens is 1. The lowest BCUT2D eigenvalue weighted by atomic mass is 10.0. The van der Waals surface area contributed by atoms with E-state index in [-0.39, 0.29) is 29.9 Å². The van der Waals surface area contributed by atoms with E-state index in [0.717, 1.165) is 5.69 Å². The average molecular weight is 532 g/mol. The molecule has 0 bridgehead atoms. The average Bonchev–Trinajstić information content (AvgIpc) is 2.81. The van der Waals surface area contributed by atoms with E-state index in [1.165, 1.54) is 27.4 Å². The van der Waals surface area contributed by atoms with Gasteiger partial charge in [-0.15, -0.1) is 0 Å². The Morgan fingerprint density at radius 3 is 1.88 bits per heavy atom. The number of fused-ring (bicyclic) bond motifs is 2. The highest BCUT2D eigenvalue weighted by molar-refractivity contribution is 6.00. The van der Waals surface area contributed by atoms with Crippen LogP contribution in [-0.2, 0) is 11.8 Å². The molecule has 0 saturated carbocycles. The van der Waals surface area contributed by atoms with Crippen LogP contribution in [0.3, 0.4) is 0 Å². The van der Waals surface area contributed by atoms with E-state index in [9.17, 15) is 4.79 Å². The van der Waals surface area contributed by atoms with E-state index in [2.05, 4.69) is 66.2 Å². The Hall–Kier alpha value is -3.25. The normalized spacial score (nSPS) is 11.6. The van der Waals surface area contributed by atoms with Gasteiger partial charge in [-0.25, -0.2) is 0 Å². The minimum absolute atomic E-state index is 0. The summed E-state index contributed by atoms with van der Waals surface area (Å²) in [6.45, 7) is 1.56. The molecule has 4 heteroatoms. The van der Waals surface area contributed by atoms with Crippen LogP contribution in [0.5, 0.6) is 0 Å². The fourth-order valence-corrected chi connectivity index (χ4v) is 3.82. The third kappa shape index (κ3) is 4.97. The molecule has 0 unspecified atom stereocenters. The molecule has 3 nitrogen and oxygen atoms in total. The van der Waals surface area contributed by atoms with Crippen LogP contribution >= 0.6 is 0 Å². The first kappa shape index (κ1) is 23.4. The van der Waals surface area contributed by atoms with Crippen LogP contribution in [0.4, 0.5) is 5.69 Å². The maximum atomic E-state index is 12.0. The van der Waals surface area contributed by atoms with Crippen LogP contribution in [0.15, 0.2) is 109 Å². The Morgan fingerprint density at radius 2 is 1.28 bits per heavy atom. The molecule has 32 heavy (non-hydrogen) atoms. The number of pyridine rings is 1. The molecular weight excluding hydrogens is 507 g/mol. The largest absolute Gasteiger partial charge is 1.00 e. The SMILES string of the molecule is CC(=O)N(/C=C/C=C/C=C/c1c2ccccc2[n+](C)c2ccccc12)c1ccccc1.[I-]. The van der Waals surface area contributed by atoms with Gasteiger partial charge in [0.15, 0.2) is 0 Å². The van der Waals surface area contributed by atoms with Crippen molar-refractivity contribution >= 4 is 39.5 Å². The second-order valence-electron chi connectivity index (χ2n) is 7.32. The molecule has 0 saturated heterocycles. The molecule has 4 rings (SSSR count). The number of hydrogen-bond donors (Lipinski definition) is 0. The number of halogens is 1. The minimum atomic E-state index is -0.0264. The van der Waals surface area contributed by atoms with Crippen molar-refractivity contribution in [3.8, 4) is 0 Å². The number of anilines is 1. The van der Waals surface area contributed by atoms with E-state index in [4.69, 9.17) is 0 Å². The van der Waals surface area contributed by atoms with Crippen molar-refractivity contribution in [3.63, 3.8) is 0 Å². The highest BCUT2D eigenvalue weighted by Gasteiger charge is 2.15. The number of para-hydroxylation sites is 3. The Bertz CT molecular complexity index is 1270. The third-order valence-corrected chi connectivity index (χ3v) is 5.32. The van der Waals surface area contributed by atoms with Crippen molar-refractivity contribution in [2.75, 3.05) is 4.90 Å². The fraction of sp³-hybridized carbons (Fsp3) is 0.0714. The molecule has 0 aliphatic carbocycles. The fourth-order valence-electron chi connectivity index (χ4n) is 3.82. The molecule has 0 atom stereocenters. The van der Waals surface area contributed by atoms with Crippen LogP contribution in [0.2, 0.25) is 0 Å². The lowest BCUT2D eigenvalue weighted by Crippen LogP contribution is -3.00. The molecule has 0 N–H and O–H groups in total. The first-order valence-corrected chi connectivity index (χ1v) is 10.3. The number of carbonyl (C=O) groups is 1. The lowest BCUT2D eigenvalue weighted by Gasteiger charge is -2.15. The molecule has 1 heterocycles. The maximum Gasteiger partial charge on any atom is 0.227 e. The summed E-state index contributed by atoms with van der Waals surface area (Å²) in [6.07, 6.45) is 11.8. The first-order valence-electron chi connectivity index (χ1n) is 10.3. The van der Waals surface area contributed by atoms with Gasteiger partial charge in [-0.05, 0) is 30.3 Å². The predicted octanol–water partition coefficient (Wildman–Crippen LogP) is 2.96. The van der Waals surface area contributed by atoms with Gasteiger partial charge in [-0.2, -0.15) is 4.57 Å². The lowest BCUT2D eigenvalue weighted by molar-refractivity contribution is -0.617. The number of amides is 1. The third-order valence-electron chi connectivity index (χ3n) is 5.32. The van der Waals surface area contributed by atoms with Crippen molar-refractivity contribution in [1.29, 1.82) is 0 Å². The highest BCUT2D eigenvalue weighted by atomic mass is 127. The standard InChI is InChI=1S/C28H25N2O.HI/c1-22(31)30(23-14-6-5-7-15-23)21-13-4-3-8-16-24-25-17-9-11-19-27(25)29(2)28-20-12-10-18-26(24)28;/h3-21H,1-2H3;1H/q+1;/p-1. The second-order valence-corrected chi connectivity index (χ2v) is 7.32. The molecule has 3 aromatic carbocycles. The molecule has 1 amide bonds. The van der Waals surface area contributed by atoms with Crippen LogP contribution in [0, 0.1) is 0 Å². The topological polar surface area (TPSA) is 24.2 Å². The van der Waals surface area contributed by atoms with Gasteiger partial charge in [-0.3, -0.25) is 9.69 Å². The van der Waals surface area contributed by atoms with Gasteiger partial charge < -0.3 is 24.0 Å². The number of aryl methyl sites for hydroxylation is 1. The second kappa shape index (κ2) is 10.9. The van der Waals surface area contributed by atoms with Gasteiger partial charge >= 0.3 is 0 Å². The summed E-state index contributed by atoms with van der Waals surface area (Å²) in [7, 11) is 2.11. The van der Waals surface area contributed by atoms with Gasteiger partial charge in [0.25, 0.3) is 0 Å². The Morgan fingerprint density at radius 1 is 0.750 bits per heavy atom.